The predicted octanol–water partition coefficient (Wildman–Crippen LogP) is 3.10. The quantitative estimate of drug-likeness (QED) is 0.778. The number of nitrogens with zero attached hydrogens (tertiary/aromatic N) is 2. The molecule has 0 aliphatic heterocycles. The van der Waals surface area contributed by atoms with Crippen molar-refractivity contribution < 1.29 is 0 Å². The lowest BCUT2D eigenvalue weighted by molar-refractivity contribution is 0.686. The minimum Gasteiger partial charge on any atom is -0.330 e. The van der Waals surface area contributed by atoms with Gasteiger partial charge < -0.3 is 5.73 Å². The Kier molecular flexibility index (Phi) is 4.12. The molecule has 106 valence electrons. The number of nitrogens with two attached hydrogens (primary N) is 1. The molecule has 0 bridgehead atoms. The highest BCUT2D eigenvalue weighted by Crippen LogP contribution is 2.18. The first-order chi connectivity index (χ1) is 10.3. The summed E-state index contributed by atoms with van der Waals surface area (Å²) in [7, 11) is 0. The van der Waals surface area contributed by atoms with Crippen molar-refractivity contribution >= 4 is 0 Å². The second-order valence-electron chi connectivity index (χ2n) is 5.15. The smallest absolute Gasteiger partial charge is 0.0659 e. The van der Waals surface area contributed by atoms with E-state index in [2.05, 4.69) is 47.7 Å². The highest BCUT2D eigenvalue weighted by molar-refractivity contribution is 5.61. The van der Waals surface area contributed by atoms with Crippen molar-refractivity contribution in [3.05, 3.63) is 78.1 Å². The Hall–Kier alpha value is -2.39. The van der Waals surface area contributed by atoms with Gasteiger partial charge in [0.25, 0.3) is 0 Å². The minimum absolute atomic E-state index is 0.693. The first kappa shape index (κ1) is 13.6. The van der Waals surface area contributed by atoms with Gasteiger partial charge in [0.2, 0.25) is 0 Å². The molecular weight excluding hydrogens is 258 g/mol. The molecule has 0 spiro atoms. The van der Waals surface area contributed by atoms with Gasteiger partial charge in [0.1, 0.15) is 0 Å². The van der Waals surface area contributed by atoms with E-state index >= 15 is 0 Å². The van der Waals surface area contributed by atoms with Crippen LogP contribution >= 0.6 is 0 Å². The highest BCUT2D eigenvalue weighted by Gasteiger charge is 2.02. The molecule has 0 amide bonds. The maximum absolute atomic E-state index is 5.57. The van der Waals surface area contributed by atoms with E-state index in [1.54, 1.807) is 0 Å². The van der Waals surface area contributed by atoms with Crippen LogP contribution in [0.3, 0.4) is 0 Å². The number of aromatic nitrogens is 2. The van der Waals surface area contributed by atoms with Crippen LogP contribution < -0.4 is 5.73 Å². The van der Waals surface area contributed by atoms with Crippen LogP contribution in [0.5, 0.6) is 0 Å². The van der Waals surface area contributed by atoms with E-state index < -0.39 is 0 Å². The van der Waals surface area contributed by atoms with Gasteiger partial charge in [-0.2, -0.15) is 5.10 Å². The Morgan fingerprint density at radius 1 is 0.857 bits per heavy atom. The van der Waals surface area contributed by atoms with Crippen LogP contribution in [0, 0.1) is 0 Å². The lowest BCUT2D eigenvalue weighted by Crippen LogP contribution is -2.03. The normalized spacial score (nSPS) is 10.7. The summed E-state index contributed by atoms with van der Waals surface area (Å²) in [5.74, 6) is 0. The van der Waals surface area contributed by atoms with Crippen molar-refractivity contribution in [3.63, 3.8) is 0 Å². The molecular formula is C18H19N3. The molecule has 2 aromatic carbocycles. The van der Waals surface area contributed by atoms with Crippen molar-refractivity contribution in [1.29, 1.82) is 0 Å². The molecule has 0 aliphatic carbocycles. The van der Waals surface area contributed by atoms with Crippen LogP contribution in [0.2, 0.25) is 0 Å². The standard InChI is InChI=1S/C18H19N3/c19-11-10-15-6-8-16(9-7-15)13-21-14-18(12-20-21)17-4-2-1-3-5-17/h1-9,12,14H,10-11,13,19H2. The second kappa shape index (κ2) is 6.37. The van der Waals surface area contributed by atoms with Gasteiger partial charge in [-0.15, -0.1) is 0 Å². The zero-order valence-corrected chi connectivity index (χ0v) is 11.9. The zero-order chi connectivity index (χ0) is 14.5. The summed E-state index contributed by atoms with van der Waals surface area (Å²) in [6, 6.07) is 18.9. The number of rotatable bonds is 5. The van der Waals surface area contributed by atoms with Gasteiger partial charge in [-0.25, -0.2) is 0 Å². The van der Waals surface area contributed by atoms with Gasteiger partial charge in [-0.1, -0.05) is 54.6 Å². The predicted molar refractivity (Wildman–Crippen MR) is 86.0 cm³/mol. The molecule has 3 rings (SSSR count). The Balaban J connectivity index is 1.72. The minimum atomic E-state index is 0.693. The van der Waals surface area contributed by atoms with Gasteiger partial charge in [-0.05, 0) is 29.7 Å². The van der Waals surface area contributed by atoms with Crippen molar-refractivity contribution in [2.24, 2.45) is 5.73 Å². The average Bonchev–Trinajstić information content (AvgIpc) is 2.99. The lowest BCUT2D eigenvalue weighted by Gasteiger charge is -2.04. The molecule has 1 aromatic heterocycles. The van der Waals surface area contributed by atoms with E-state index in [4.69, 9.17) is 5.73 Å². The van der Waals surface area contributed by atoms with Gasteiger partial charge in [0.05, 0.1) is 12.7 Å². The summed E-state index contributed by atoms with van der Waals surface area (Å²) in [6.45, 7) is 1.48. The maximum atomic E-state index is 5.57. The summed E-state index contributed by atoms with van der Waals surface area (Å²) >= 11 is 0. The molecule has 3 aromatic rings. The first-order valence-corrected chi connectivity index (χ1v) is 7.21. The van der Waals surface area contributed by atoms with Crippen LogP contribution in [0.1, 0.15) is 11.1 Å². The lowest BCUT2D eigenvalue weighted by atomic mass is 10.1. The van der Waals surface area contributed by atoms with Gasteiger partial charge in [0.15, 0.2) is 0 Å². The molecule has 0 unspecified atom stereocenters. The monoisotopic (exact) mass is 277 g/mol. The molecule has 0 aliphatic rings. The molecule has 3 heteroatoms. The summed E-state index contributed by atoms with van der Waals surface area (Å²) < 4.78 is 1.97. The molecule has 0 atom stereocenters. The van der Waals surface area contributed by atoms with Crippen LogP contribution in [0.4, 0.5) is 0 Å². The van der Waals surface area contributed by atoms with Crippen LogP contribution in [-0.2, 0) is 13.0 Å². The fourth-order valence-electron chi connectivity index (χ4n) is 2.39. The van der Waals surface area contributed by atoms with E-state index in [0.29, 0.717) is 6.54 Å². The van der Waals surface area contributed by atoms with Crippen molar-refractivity contribution in [3.8, 4) is 11.1 Å². The van der Waals surface area contributed by atoms with E-state index in [1.807, 2.05) is 29.1 Å². The molecule has 1 heterocycles. The van der Waals surface area contributed by atoms with Gasteiger partial charge in [-0.3, -0.25) is 4.68 Å². The summed E-state index contributed by atoms with van der Waals surface area (Å²) in [6.07, 6.45) is 4.93. The van der Waals surface area contributed by atoms with Gasteiger partial charge in [0, 0.05) is 11.8 Å². The van der Waals surface area contributed by atoms with Crippen LogP contribution in [0.15, 0.2) is 67.0 Å². The first-order valence-electron chi connectivity index (χ1n) is 7.21. The number of benzene rings is 2. The molecule has 3 nitrogen and oxygen atoms in total. The third-order valence-corrected chi connectivity index (χ3v) is 3.54. The fourth-order valence-corrected chi connectivity index (χ4v) is 2.39. The molecule has 0 saturated heterocycles. The molecule has 0 fully saturated rings. The zero-order valence-electron chi connectivity index (χ0n) is 11.9. The second-order valence-corrected chi connectivity index (χ2v) is 5.15. The van der Waals surface area contributed by atoms with E-state index in [1.165, 1.54) is 16.7 Å². The number of hydrogen-bond acceptors (Lipinski definition) is 2. The number of hydrogen-bond donors (Lipinski definition) is 1. The van der Waals surface area contributed by atoms with Crippen molar-refractivity contribution in [1.82, 2.24) is 9.78 Å². The third-order valence-electron chi connectivity index (χ3n) is 3.54. The van der Waals surface area contributed by atoms with Crippen molar-refractivity contribution in [2.75, 3.05) is 6.54 Å². The fraction of sp³-hybridized carbons (Fsp3) is 0.167. The van der Waals surface area contributed by atoms with E-state index in [9.17, 15) is 0 Å². The Labute approximate surface area is 125 Å². The van der Waals surface area contributed by atoms with Crippen molar-refractivity contribution in [2.45, 2.75) is 13.0 Å². The highest BCUT2D eigenvalue weighted by atomic mass is 15.3. The summed E-state index contributed by atoms with van der Waals surface area (Å²) in [4.78, 5) is 0. The molecule has 0 radical (unpaired) electrons. The SMILES string of the molecule is NCCc1ccc(Cn2cc(-c3ccccc3)cn2)cc1. The molecule has 0 saturated carbocycles. The Bertz CT molecular complexity index is 684. The van der Waals surface area contributed by atoms with Gasteiger partial charge >= 0.3 is 0 Å². The molecule has 21 heavy (non-hydrogen) atoms. The summed E-state index contributed by atoms with van der Waals surface area (Å²) in [5.41, 5.74) is 10.4. The molecule has 2 N–H and O–H groups in total. The van der Waals surface area contributed by atoms with E-state index in [0.717, 1.165) is 18.5 Å². The Morgan fingerprint density at radius 2 is 1.57 bits per heavy atom. The Morgan fingerprint density at radius 3 is 2.29 bits per heavy atom. The largest absolute Gasteiger partial charge is 0.330 e. The third kappa shape index (κ3) is 3.38. The average molecular weight is 277 g/mol. The van der Waals surface area contributed by atoms with E-state index in [-0.39, 0.29) is 0 Å². The topological polar surface area (TPSA) is 43.8 Å². The maximum Gasteiger partial charge on any atom is 0.0659 e. The van der Waals surface area contributed by atoms with Crippen LogP contribution in [-0.4, -0.2) is 16.3 Å². The summed E-state index contributed by atoms with van der Waals surface area (Å²) in [5, 5.41) is 4.44. The van der Waals surface area contributed by atoms with Crippen LogP contribution in [0.25, 0.3) is 11.1 Å².